The monoisotopic (exact) mass is 512 g/mol. The van der Waals surface area contributed by atoms with E-state index in [1.54, 1.807) is 12.1 Å². The van der Waals surface area contributed by atoms with E-state index in [1.807, 2.05) is 0 Å². The number of benzene rings is 2. The van der Waals surface area contributed by atoms with Gasteiger partial charge in [-0.2, -0.15) is 13.2 Å². The van der Waals surface area contributed by atoms with Crippen molar-refractivity contribution in [3.63, 3.8) is 0 Å². The first-order chi connectivity index (χ1) is 17.1. The molecule has 1 aliphatic rings. The Bertz CT molecular complexity index is 1030. The Morgan fingerprint density at radius 1 is 0.833 bits per heavy atom. The highest BCUT2D eigenvalue weighted by molar-refractivity contribution is 5.83. The van der Waals surface area contributed by atoms with Crippen molar-refractivity contribution in [2.24, 2.45) is 5.92 Å². The van der Waals surface area contributed by atoms with E-state index in [2.05, 4.69) is 6.92 Å². The number of hydrogen-bond acceptors (Lipinski definition) is 0. The van der Waals surface area contributed by atoms with Gasteiger partial charge < -0.3 is 0 Å². The lowest BCUT2D eigenvalue weighted by Gasteiger charge is -2.29. The van der Waals surface area contributed by atoms with Gasteiger partial charge in [-0.05, 0) is 61.3 Å². The largest absolute Gasteiger partial charge is 0.409 e. The Morgan fingerprint density at radius 3 is 1.97 bits per heavy atom. The number of halogens is 7. The van der Waals surface area contributed by atoms with Gasteiger partial charge in [0.2, 0.25) is 0 Å². The van der Waals surface area contributed by atoms with Gasteiger partial charge in [0.15, 0.2) is 11.7 Å². The van der Waals surface area contributed by atoms with Gasteiger partial charge in [0.05, 0.1) is 0 Å². The molecule has 0 aliphatic heterocycles. The van der Waals surface area contributed by atoms with Gasteiger partial charge in [0.25, 0.3) is 0 Å². The Morgan fingerprint density at radius 2 is 1.42 bits per heavy atom. The molecule has 0 atom stereocenters. The summed E-state index contributed by atoms with van der Waals surface area (Å²) in [5, 5.41) is 0. The molecule has 0 amide bonds. The predicted octanol–water partition coefficient (Wildman–Crippen LogP) is 10.5. The molecule has 0 N–H and O–H groups in total. The minimum absolute atomic E-state index is 0.0808. The van der Waals surface area contributed by atoms with E-state index in [0.29, 0.717) is 18.1 Å². The summed E-state index contributed by atoms with van der Waals surface area (Å²) in [5.74, 6) is -4.52. The van der Waals surface area contributed by atoms with E-state index in [9.17, 15) is 30.7 Å². The molecular weight excluding hydrogens is 481 g/mol. The van der Waals surface area contributed by atoms with Crippen LogP contribution in [0.3, 0.4) is 0 Å². The number of allylic oxidation sites excluding steroid dienone is 1. The van der Waals surface area contributed by atoms with Crippen LogP contribution < -0.4 is 0 Å². The van der Waals surface area contributed by atoms with Crippen LogP contribution in [0.15, 0.2) is 42.5 Å². The maximum Gasteiger partial charge on any atom is 0.409 e. The second-order valence-electron chi connectivity index (χ2n) is 9.55. The number of alkyl halides is 3. The Labute approximate surface area is 207 Å². The number of unbranched alkanes of at least 4 members (excludes halogenated alkanes) is 3. The maximum atomic E-state index is 14.8. The molecule has 2 aromatic carbocycles. The van der Waals surface area contributed by atoms with E-state index in [0.717, 1.165) is 37.2 Å². The van der Waals surface area contributed by atoms with E-state index in [-0.39, 0.29) is 17.7 Å². The molecule has 0 nitrogen and oxygen atoms in total. The molecule has 3 rings (SSSR count). The van der Waals surface area contributed by atoms with Crippen molar-refractivity contribution in [1.29, 1.82) is 0 Å². The fraction of sp³-hybridized carbons (Fsp3) is 0.448. The lowest BCUT2D eigenvalue weighted by atomic mass is 9.77. The first kappa shape index (κ1) is 28.0. The van der Waals surface area contributed by atoms with Crippen molar-refractivity contribution in [2.75, 3.05) is 0 Å². The van der Waals surface area contributed by atoms with Gasteiger partial charge in [-0.15, -0.1) is 0 Å². The third-order valence-electron chi connectivity index (χ3n) is 6.91. The second kappa shape index (κ2) is 12.6. The summed E-state index contributed by atoms with van der Waals surface area (Å²) in [7, 11) is 0. The van der Waals surface area contributed by atoms with Crippen LogP contribution in [-0.2, 0) is 0 Å². The van der Waals surface area contributed by atoms with Gasteiger partial charge in [-0.3, -0.25) is 0 Å². The predicted molar refractivity (Wildman–Crippen MR) is 130 cm³/mol. The highest BCUT2D eigenvalue weighted by Crippen LogP contribution is 2.39. The zero-order valence-electron chi connectivity index (χ0n) is 20.3. The summed E-state index contributed by atoms with van der Waals surface area (Å²) in [4.78, 5) is 0. The Hall–Kier alpha value is -2.57. The third-order valence-corrected chi connectivity index (χ3v) is 6.91. The molecule has 36 heavy (non-hydrogen) atoms. The van der Waals surface area contributed by atoms with Gasteiger partial charge in [-0.1, -0.05) is 63.3 Å². The molecule has 0 radical (unpaired) electrons. The van der Waals surface area contributed by atoms with Crippen molar-refractivity contribution in [2.45, 2.75) is 76.8 Å². The summed E-state index contributed by atoms with van der Waals surface area (Å²) in [6.45, 7) is 2.20. The fourth-order valence-electron chi connectivity index (χ4n) is 4.85. The Balaban J connectivity index is 1.67. The summed E-state index contributed by atoms with van der Waals surface area (Å²) in [6.07, 6.45) is 5.87. The van der Waals surface area contributed by atoms with Crippen LogP contribution in [0.25, 0.3) is 17.7 Å². The van der Waals surface area contributed by atoms with E-state index >= 15 is 0 Å². The lowest BCUT2D eigenvalue weighted by Crippen LogP contribution is -2.13. The van der Waals surface area contributed by atoms with Crippen LogP contribution in [0.1, 0.15) is 92.9 Å². The van der Waals surface area contributed by atoms with Crippen molar-refractivity contribution in [3.05, 3.63) is 76.4 Å². The number of hydrogen-bond donors (Lipinski definition) is 0. The lowest BCUT2D eigenvalue weighted by molar-refractivity contribution is -0.0790. The van der Waals surface area contributed by atoms with E-state index in [4.69, 9.17) is 0 Å². The molecule has 0 bridgehead atoms. The first-order valence-corrected chi connectivity index (χ1v) is 12.5. The first-order valence-electron chi connectivity index (χ1n) is 12.5. The smallest absolute Gasteiger partial charge is 0.206 e. The molecule has 7 heteroatoms. The van der Waals surface area contributed by atoms with Crippen LogP contribution in [0.2, 0.25) is 0 Å². The van der Waals surface area contributed by atoms with Crippen LogP contribution in [0.5, 0.6) is 0 Å². The van der Waals surface area contributed by atoms with Crippen molar-refractivity contribution in [3.8, 4) is 0 Å². The summed E-state index contributed by atoms with van der Waals surface area (Å²) < 4.78 is 94.6. The van der Waals surface area contributed by atoms with Crippen LogP contribution >= 0.6 is 0 Å². The van der Waals surface area contributed by atoms with Crippen molar-refractivity contribution >= 4 is 17.7 Å². The topological polar surface area (TPSA) is 0 Å². The normalized spacial score (nSPS) is 19.6. The van der Waals surface area contributed by atoms with Crippen LogP contribution in [0.4, 0.5) is 30.7 Å². The molecule has 0 aromatic heterocycles. The van der Waals surface area contributed by atoms with E-state index < -0.39 is 40.6 Å². The molecule has 1 saturated carbocycles. The molecule has 0 saturated heterocycles. The standard InChI is InChI=1S/C29H31F7/c1-2-3-4-5-6-19-7-9-20(10-8-19)21-11-13-22(14-12-21)27(32)28(33)23-17-25(30)24(26(31)18-23)15-16-29(34,35)36/h11-20H,2-10H2,1H3/b16-15+,28-27+. The van der Waals surface area contributed by atoms with Crippen LogP contribution in [-0.4, -0.2) is 6.18 Å². The summed E-state index contributed by atoms with van der Waals surface area (Å²) in [6, 6.07) is 7.33. The van der Waals surface area contributed by atoms with Crippen LogP contribution in [0, 0.1) is 17.6 Å². The zero-order chi connectivity index (χ0) is 26.3. The van der Waals surface area contributed by atoms with E-state index in [1.165, 1.54) is 44.2 Å². The molecule has 0 heterocycles. The minimum Gasteiger partial charge on any atom is -0.206 e. The summed E-state index contributed by atoms with van der Waals surface area (Å²) >= 11 is 0. The quantitative estimate of drug-likeness (QED) is 0.178. The van der Waals surface area contributed by atoms with Gasteiger partial charge in [0, 0.05) is 22.8 Å². The molecule has 0 spiro atoms. The van der Waals surface area contributed by atoms with Gasteiger partial charge in [0.1, 0.15) is 11.6 Å². The van der Waals surface area contributed by atoms with Crippen molar-refractivity contribution < 1.29 is 30.7 Å². The average Bonchev–Trinajstić information content (AvgIpc) is 2.85. The highest BCUT2D eigenvalue weighted by atomic mass is 19.4. The molecule has 1 aliphatic carbocycles. The molecule has 2 aromatic rings. The van der Waals surface area contributed by atoms with Gasteiger partial charge in [-0.25, -0.2) is 17.6 Å². The van der Waals surface area contributed by atoms with Gasteiger partial charge >= 0.3 is 6.18 Å². The third kappa shape index (κ3) is 7.71. The zero-order valence-corrected chi connectivity index (χ0v) is 20.3. The molecule has 0 unspecified atom stereocenters. The molecular formula is C29H31F7. The fourth-order valence-corrected chi connectivity index (χ4v) is 4.85. The second-order valence-corrected chi connectivity index (χ2v) is 9.55. The minimum atomic E-state index is -4.77. The highest BCUT2D eigenvalue weighted by Gasteiger charge is 2.24. The number of rotatable bonds is 9. The maximum absolute atomic E-state index is 14.8. The summed E-state index contributed by atoms with van der Waals surface area (Å²) in [5.41, 5.74) is -0.741. The SMILES string of the molecule is CCCCCCC1CCC(c2ccc(/C(F)=C(\F)c3cc(F)c(/C=C/C(F)(F)F)c(F)c3)cc2)CC1. The van der Waals surface area contributed by atoms with Crippen molar-refractivity contribution in [1.82, 2.24) is 0 Å². The molecule has 1 fully saturated rings. The Kier molecular flexibility index (Phi) is 9.80. The molecule has 196 valence electrons. The average molecular weight is 513 g/mol.